The van der Waals surface area contributed by atoms with E-state index >= 15 is 0 Å². The van der Waals surface area contributed by atoms with Crippen LogP contribution < -0.4 is 21.5 Å². The Morgan fingerprint density at radius 2 is 1.71 bits per heavy atom. The zero-order chi connectivity index (χ0) is 28.9. The standard InChI is InChI=1S/C31H28N10O/c1-20(27-17-18-34-31-37-30(33)40-41(27)31)42-24-13-11-21(12-14-24)19-23-9-5-6-10-25(23)35-29(32)36-28-16-15-26(38-39-28)22-7-3-2-4-8-22/h2-18,20H,19H2,1H3,(H2,33,40)(H3,32,35,36,39). The van der Waals surface area contributed by atoms with Crippen LogP contribution in [-0.2, 0) is 6.42 Å². The van der Waals surface area contributed by atoms with E-state index in [2.05, 4.69) is 41.6 Å². The number of hydrogen-bond donors (Lipinski definition) is 3. The first-order valence-corrected chi connectivity index (χ1v) is 13.3. The maximum atomic E-state index is 6.23. The lowest BCUT2D eigenvalue weighted by Crippen LogP contribution is -2.22. The zero-order valence-corrected chi connectivity index (χ0v) is 22.8. The number of nitrogens with two attached hydrogens (primary N) is 2. The molecule has 0 radical (unpaired) electrons. The van der Waals surface area contributed by atoms with Crippen molar-refractivity contribution in [1.29, 1.82) is 0 Å². The van der Waals surface area contributed by atoms with Crippen LogP contribution in [0.1, 0.15) is 29.8 Å². The molecule has 3 aromatic heterocycles. The molecule has 0 bridgehead atoms. The van der Waals surface area contributed by atoms with Crippen LogP contribution in [0, 0.1) is 0 Å². The van der Waals surface area contributed by atoms with Gasteiger partial charge < -0.3 is 21.5 Å². The second-order valence-electron chi connectivity index (χ2n) is 9.55. The summed E-state index contributed by atoms with van der Waals surface area (Å²) in [6.45, 7) is 1.94. The molecule has 3 heterocycles. The Bertz CT molecular complexity index is 1830. The number of nitrogens with zero attached hydrogens (tertiary/aromatic N) is 7. The molecule has 11 heteroatoms. The molecule has 6 aromatic rings. The fourth-order valence-electron chi connectivity index (χ4n) is 4.54. The molecule has 11 nitrogen and oxygen atoms in total. The number of rotatable bonds is 8. The van der Waals surface area contributed by atoms with Gasteiger partial charge >= 0.3 is 0 Å². The van der Waals surface area contributed by atoms with Gasteiger partial charge in [-0.05, 0) is 60.9 Å². The second-order valence-corrected chi connectivity index (χ2v) is 9.55. The Morgan fingerprint density at radius 3 is 2.50 bits per heavy atom. The number of aliphatic imine (C=N–C) groups is 1. The number of guanidine groups is 1. The molecule has 0 aliphatic rings. The van der Waals surface area contributed by atoms with E-state index in [1.54, 1.807) is 16.8 Å². The smallest absolute Gasteiger partial charge is 0.254 e. The maximum Gasteiger partial charge on any atom is 0.254 e. The molecule has 1 atom stereocenters. The monoisotopic (exact) mass is 556 g/mol. The van der Waals surface area contributed by atoms with E-state index in [9.17, 15) is 0 Å². The van der Waals surface area contributed by atoms with Gasteiger partial charge in [0.1, 0.15) is 11.9 Å². The van der Waals surface area contributed by atoms with E-state index in [4.69, 9.17) is 16.2 Å². The van der Waals surface area contributed by atoms with E-state index < -0.39 is 0 Å². The van der Waals surface area contributed by atoms with Crippen LogP contribution in [0.5, 0.6) is 5.75 Å². The third-order valence-electron chi connectivity index (χ3n) is 6.57. The number of aromatic nitrogens is 6. The number of ether oxygens (including phenoxy) is 1. The van der Waals surface area contributed by atoms with Gasteiger partial charge in [0.2, 0.25) is 5.95 Å². The first kappa shape index (κ1) is 26.4. The van der Waals surface area contributed by atoms with Crippen molar-refractivity contribution in [3.63, 3.8) is 0 Å². The predicted molar refractivity (Wildman–Crippen MR) is 162 cm³/mol. The molecule has 0 aliphatic heterocycles. The lowest BCUT2D eigenvalue weighted by atomic mass is 10.0. The molecule has 3 aromatic carbocycles. The van der Waals surface area contributed by atoms with Gasteiger partial charge in [-0.25, -0.2) is 4.98 Å². The average Bonchev–Trinajstić information content (AvgIpc) is 3.40. The molecule has 0 saturated carbocycles. The summed E-state index contributed by atoms with van der Waals surface area (Å²) >= 11 is 0. The number of fused-ring (bicyclic) bond motifs is 1. The maximum absolute atomic E-state index is 6.23. The summed E-state index contributed by atoms with van der Waals surface area (Å²) in [6.07, 6.45) is 2.05. The minimum absolute atomic E-state index is 0.167. The molecular weight excluding hydrogens is 528 g/mol. The summed E-state index contributed by atoms with van der Waals surface area (Å²) in [5.74, 6) is 1.97. The van der Waals surface area contributed by atoms with Crippen LogP contribution in [-0.4, -0.2) is 35.7 Å². The Kier molecular flexibility index (Phi) is 7.36. The van der Waals surface area contributed by atoms with Crippen LogP contribution >= 0.6 is 0 Å². The molecule has 6 rings (SSSR count). The fourth-order valence-corrected chi connectivity index (χ4v) is 4.54. The van der Waals surface area contributed by atoms with E-state index in [1.807, 2.05) is 91.9 Å². The zero-order valence-electron chi connectivity index (χ0n) is 22.8. The van der Waals surface area contributed by atoms with E-state index in [0.717, 1.165) is 39.5 Å². The van der Waals surface area contributed by atoms with E-state index in [1.165, 1.54) is 0 Å². The summed E-state index contributed by atoms with van der Waals surface area (Å²) in [5.41, 5.74) is 17.6. The molecule has 1 unspecified atom stereocenters. The summed E-state index contributed by atoms with van der Waals surface area (Å²) in [7, 11) is 0. The van der Waals surface area contributed by atoms with Gasteiger partial charge in [-0.1, -0.05) is 60.7 Å². The highest BCUT2D eigenvalue weighted by molar-refractivity contribution is 5.94. The van der Waals surface area contributed by atoms with Gasteiger partial charge in [-0.3, -0.25) is 0 Å². The van der Waals surface area contributed by atoms with E-state index in [-0.39, 0.29) is 18.0 Å². The van der Waals surface area contributed by atoms with Crippen molar-refractivity contribution in [2.75, 3.05) is 11.1 Å². The molecule has 42 heavy (non-hydrogen) atoms. The minimum atomic E-state index is -0.297. The van der Waals surface area contributed by atoms with Crippen molar-refractivity contribution in [2.45, 2.75) is 19.4 Å². The first-order valence-electron chi connectivity index (χ1n) is 13.3. The lowest BCUT2D eigenvalue weighted by Gasteiger charge is -2.16. The average molecular weight is 557 g/mol. The topological polar surface area (TPSA) is 155 Å². The lowest BCUT2D eigenvalue weighted by molar-refractivity contribution is 0.218. The van der Waals surface area contributed by atoms with Crippen molar-refractivity contribution in [2.24, 2.45) is 10.7 Å². The van der Waals surface area contributed by atoms with E-state index in [0.29, 0.717) is 18.0 Å². The molecule has 5 N–H and O–H groups in total. The Hall–Kier alpha value is -5.84. The molecule has 0 saturated heterocycles. The molecule has 0 amide bonds. The van der Waals surface area contributed by atoms with Crippen LogP contribution in [0.3, 0.4) is 0 Å². The number of benzene rings is 3. The van der Waals surface area contributed by atoms with Crippen molar-refractivity contribution >= 4 is 29.2 Å². The van der Waals surface area contributed by atoms with Crippen molar-refractivity contribution in [3.8, 4) is 17.0 Å². The highest BCUT2D eigenvalue weighted by Gasteiger charge is 2.15. The van der Waals surface area contributed by atoms with Gasteiger partial charge in [-0.2, -0.15) is 14.5 Å². The third-order valence-corrected chi connectivity index (χ3v) is 6.57. The summed E-state index contributed by atoms with van der Waals surface area (Å²) in [6, 6.07) is 31.3. The quantitative estimate of drug-likeness (QED) is 0.174. The number of nitrogens with one attached hydrogen (secondary N) is 1. The first-order chi connectivity index (χ1) is 20.5. The Morgan fingerprint density at radius 1 is 0.929 bits per heavy atom. The van der Waals surface area contributed by atoms with Crippen molar-refractivity contribution in [1.82, 2.24) is 29.8 Å². The number of hydrogen-bond acceptors (Lipinski definition) is 8. The molecule has 208 valence electrons. The summed E-state index contributed by atoms with van der Waals surface area (Å²) in [4.78, 5) is 12.7. The van der Waals surface area contributed by atoms with Gasteiger partial charge in [0, 0.05) is 17.4 Å². The number of anilines is 2. The van der Waals surface area contributed by atoms with Crippen LogP contribution in [0.4, 0.5) is 17.5 Å². The normalized spacial score (nSPS) is 12.3. The summed E-state index contributed by atoms with van der Waals surface area (Å²) in [5, 5.41) is 15.9. The van der Waals surface area contributed by atoms with Gasteiger partial charge in [0.15, 0.2) is 11.8 Å². The molecule has 0 spiro atoms. The Balaban J connectivity index is 1.11. The minimum Gasteiger partial charge on any atom is -0.484 e. The van der Waals surface area contributed by atoms with Gasteiger partial charge in [-0.15, -0.1) is 15.3 Å². The number of para-hydroxylation sites is 1. The molecule has 0 fully saturated rings. The third kappa shape index (κ3) is 5.99. The highest BCUT2D eigenvalue weighted by Crippen LogP contribution is 2.25. The molecular formula is C31H28N10O. The van der Waals surface area contributed by atoms with Gasteiger partial charge in [0.25, 0.3) is 5.78 Å². The summed E-state index contributed by atoms with van der Waals surface area (Å²) < 4.78 is 7.77. The molecule has 0 aliphatic carbocycles. The second kappa shape index (κ2) is 11.7. The van der Waals surface area contributed by atoms with Crippen LogP contribution in [0.15, 0.2) is 108 Å². The predicted octanol–water partition coefficient (Wildman–Crippen LogP) is 4.95. The SMILES string of the molecule is CC(Oc1ccc(Cc2ccccc2NC(N)=Nc2ccc(-c3ccccc3)nn2)cc1)c1ccnc2nc(N)nn12. The highest BCUT2D eigenvalue weighted by atomic mass is 16.5. The Labute approximate surface area is 242 Å². The van der Waals surface area contributed by atoms with Crippen molar-refractivity contribution in [3.05, 3.63) is 120 Å². The van der Waals surface area contributed by atoms with Crippen molar-refractivity contribution < 1.29 is 4.74 Å². The fraction of sp³-hybridized carbons (Fsp3) is 0.0968. The van der Waals surface area contributed by atoms with Crippen LogP contribution in [0.2, 0.25) is 0 Å². The van der Waals surface area contributed by atoms with Crippen LogP contribution in [0.25, 0.3) is 17.0 Å². The number of nitrogen functional groups attached to an aromatic ring is 1. The van der Waals surface area contributed by atoms with Gasteiger partial charge in [0.05, 0.1) is 11.4 Å². The largest absolute Gasteiger partial charge is 0.484 e.